The maximum absolute atomic E-state index is 12.6. The molecule has 0 saturated heterocycles. The van der Waals surface area contributed by atoms with Crippen molar-refractivity contribution < 1.29 is 4.79 Å². The van der Waals surface area contributed by atoms with Gasteiger partial charge in [-0.2, -0.15) is 0 Å². The first kappa shape index (κ1) is 15.9. The highest BCUT2D eigenvalue weighted by molar-refractivity contribution is 5.93. The van der Waals surface area contributed by atoms with E-state index in [1.165, 1.54) is 0 Å². The number of hydrogen-bond acceptors (Lipinski definition) is 3. The molecule has 5 heteroatoms. The largest absolute Gasteiger partial charge is 0.336 e. The van der Waals surface area contributed by atoms with Crippen LogP contribution in [0.15, 0.2) is 60.7 Å². The Morgan fingerprint density at radius 2 is 1.58 bits per heavy atom. The van der Waals surface area contributed by atoms with Crippen LogP contribution in [0.1, 0.15) is 27.3 Å². The molecule has 0 N–H and O–H groups in total. The molecular weight excluding hydrogens is 300 g/mol. The summed E-state index contributed by atoms with van der Waals surface area (Å²) in [5.74, 6) is -0.115. The maximum Gasteiger partial charge on any atom is 0.276 e. The minimum Gasteiger partial charge on any atom is -0.336 e. The Morgan fingerprint density at radius 1 is 1.00 bits per heavy atom. The van der Waals surface area contributed by atoms with E-state index in [4.69, 9.17) is 0 Å². The number of hydrogen-bond donors (Lipinski definition) is 0. The summed E-state index contributed by atoms with van der Waals surface area (Å²) in [6.45, 7) is 3.03. The molecule has 1 aromatic heterocycles. The third-order valence-electron chi connectivity index (χ3n) is 3.97. The first-order valence-electron chi connectivity index (χ1n) is 7.88. The molecule has 1 heterocycles. The van der Waals surface area contributed by atoms with Gasteiger partial charge in [-0.3, -0.25) is 4.79 Å². The van der Waals surface area contributed by atoms with Crippen LogP contribution >= 0.6 is 0 Å². The Bertz CT molecular complexity index is 812. The number of carbonyl (C=O) groups excluding carboxylic acids is 1. The van der Waals surface area contributed by atoms with Gasteiger partial charge in [-0.15, -0.1) is 5.10 Å². The van der Waals surface area contributed by atoms with Gasteiger partial charge in [0.25, 0.3) is 5.91 Å². The quantitative estimate of drug-likeness (QED) is 0.726. The van der Waals surface area contributed by atoms with Crippen LogP contribution in [0, 0.1) is 6.92 Å². The predicted molar refractivity (Wildman–Crippen MR) is 92.5 cm³/mol. The van der Waals surface area contributed by atoms with Gasteiger partial charge < -0.3 is 4.90 Å². The third-order valence-corrected chi connectivity index (χ3v) is 3.97. The number of nitrogens with zero attached hydrogens (tertiary/aromatic N) is 4. The fourth-order valence-corrected chi connectivity index (χ4v) is 2.57. The van der Waals surface area contributed by atoms with E-state index in [1.54, 1.807) is 16.6 Å². The maximum atomic E-state index is 12.6. The van der Waals surface area contributed by atoms with Crippen molar-refractivity contribution in [3.05, 3.63) is 83.2 Å². The zero-order valence-corrected chi connectivity index (χ0v) is 13.9. The van der Waals surface area contributed by atoms with Crippen LogP contribution in [0.5, 0.6) is 0 Å². The van der Waals surface area contributed by atoms with E-state index in [1.807, 2.05) is 67.6 Å². The Hall–Kier alpha value is -2.95. The van der Waals surface area contributed by atoms with Crippen molar-refractivity contribution in [1.82, 2.24) is 19.9 Å². The third kappa shape index (κ3) is 3.51. The van der Waals surface area contributed by atoms with Crippen LogP contribution in [0.2, 0.25) is 0 Å². The minimum absolute atomic E-state index is 0.115. The normalized spacial score (nSPS) is 10.6. The van der Waals surface area contributed by atoms with Crippen LogP contribution in [0.25, 0.3) is 0 Å². The lowest BCUT2D eigenvalue weighted by atomic mass is 10.2. The first-order valence-corrected chi connectivity index (χ1v) is 7.88. The fourth-order valence-electron chi connectivity index (χ4n) is 2.57. The second-order valence-electron chi connectivity index (χ2n) is 5.81. The Labute approximate surface area is 141 Å². The molecule has 0 bridgehead atoms. The summed E-state index contributed by atoms with van der Waals surface area (Å²) in [6, 6.07) is 19.9. The van der Waals surface area contributed by atoms with Gasteiger partial charge in [-0.1, -0.05) is 65.9 Å². The number of benzene rings is 2. The number of rotatable bonds is 5. The summed E-state index contributed by atoms with van der Waals surface area (Å²) in [6.07, 6.45) is 0. The van der Waals surface area contributed by atoms with Crippen LogP contribution < -0.4 is 0 Å². The van der Waals surface area contributed by atoms with Crippen molar-refractivity contribution in [2.24, 2.45) is 0 Å². The predicted octanol–water partition coefficient (Wildman–Crippen LogP) is 2.91. The molecule has 0 unspecified atom stereocenters. The molecule has 0 aliphatic carbocycles. The molecule has 3 aromatic rings. The molecule has 0 saturated carbocycles. The van der Waals surface area contributed by atoms with E-state index in [0.29, 0.717) is 18.8 Å². The van der Waals surface area contributed by atoms with Crippen LogP contribution in [0.4, 0.5) is 0 Å². The molecule has 5 nitrogen and oxygen atoms in total. The first-order chi connectivity index (χ1) is 11.6. The summed E-state index contributed by atoms with van der Waals surface area (Å²) in [7, 11) is 1.78. The van der Waals surface area contributed by atoms with Gasteiger partial charge in [0.15, 0.2) is 5.69 Å². The molecule has 0 fully saturated rings. The summed E-state index contributed by atoms with van der Waals surface area (Å²) >= 11 is 0. The van der Waals surface area contributed by atoms with E-state index in [0.717, 1.165) is 16.8 Å². The summed E-state index contributed by atoms with van der Waals surface area (Å²) in [4.78, 5) is 14.3. The number of aromatic nitrogens is 3. The van der Waals surface area contributed by atoms with Crippen molar-refractivity contribution in [2.45, 2.75) is 20.0 Å². The fraction of sp³-hybridized carbons (Fsp3) is 0.211. The van der Waals surface area contributed by atoms with Crippen molar-refractivity contribution >= 4 is 5.91 Å². The Kier molecular flexibility index (Phi) is 4.70. The smallest absolute Gasteiger partial charge is 0.276 e. The van der Waals surface area contributed by atoms with Crippen LogP contribution in [-0.4, -0.2) is 32.8 Å². The standard InChI is InChI=1S/C19H20N4O/c1-15-18(19(24)22(2)13-16-9-5-3-6-10-16)20-21-23(15)14-17-11-7-4-8-12-17/h3-12H,13-14H2,1-2H3. The van der Waals surface area contributed by atoms with Crippen molar-refractivity contribution in [3.8, 4) is 0 Å². The highest BCUT2D eigenvalue weighted by Gasteiger charge is 2.20. The van der Waals surface area contributed by atoms with Gasteiger partial charge in [0.2, 0.25) is 0 Å². The number of carbonyl (C=O) groups is 1. The lowest BCUT2D eigenvalue weighted by Gasteiger charge is -2.16. The van der Waals surface area contributed by atoms with Crippen molar-refractivity contribution in [1.29, 1.82) is 0 Å². The van der Waals surface area contributed by atoms with Gasteiger partial charge >= 0.3 is 0 Å². The number of amides is 1. The van der Waals surface area contributed by atoms with Gasteiger partial charge in [-0.05, 0) is 18.1 Å². The van der Waals surface area contributed by atoms with Gasteiger partial charge in [-0.25, -0.2) is 4.68 Å². The summed E-state index contributed by atoms with van der Waals surface area (Å²) < 4.78 is 1.76. The Morgan fingerprint density at radius 3 is 2.21 bits per heavy atom. The molecule has 0 radical (unpaired) electrons. The zero-order valence-electron chi connectivity index (χ0n) is 13.9. The molecule has 3 rings (SSSR count). The van der Waals surface area contributed by atoms with E-state index in [-0.39, 0.29) is 5.91 Å². The van der Waals surface area contributed by atoms with Crippen molar-refractivity contribution in [3.63, 3.8) is 0 Å². The van der Waals surface area contributed by atoms with E-state index >= 15 is 0 Å². The molecule has 0 atom stereocenters. The molecule has 122 valence electrons. The molecule has 2 aromatic carbocycles. The topological polar surface area (TPSA) is 51.0 Å². The highest BCUT2D eigenvalue weighted by Crippen LogP contribution is 2.11. The minimum atomic E-state index is -0.115. The molecule has 0 aliphatic heterocycles. The SMILES string of the molecule is Cc1c(C(=O)N(C)Cc2ccccc2)nnn1Cc1ccccc1. The van der Waals surface area contributed by atoms with Crippen LogP contribution in [0.3, 0.4) is 0 Å². The summed E-state index contributed by atoms with van der Waals surface area (Å²) in [5.41, 5.74) is 3.40. The van der Waals surface area contributed by atoms with Gasteiger partial charge in [0.05, 0.1) is 12.2 Å². The van der Waals surface area contributed by atoms with Gasteiger partial charge in [0, 0.05) is 13.6 Å². The summed E-state index contributed by atoms with van der Waals surface area (Å²) in [5, 5.41) is 8.24. The monoisotopic (exact) mass is 320 g/mol. The Balaban J connectivity index is 1.73. The lowest BCUT2D eigenvalue weighted by molar-refractivity contribution is 0.0778. The average Bonchev–Trinajstić information content (AvgIpc) is 2.96. The molecule has 0 aliphatic rings. The van der Waals surface area contributed by atoms with E-state index in [2.05, 4.69) is 10.3 Å². The van der Waals surface area contributed by atoms with E-state index in [9.17, 15) is 4.79 Å². The molecule has 1 amide bonds. The highest BCUT2D eigenvalue weighted by atomic mass is 16.2. The van der Waals surface area contributed by atoms with E-state index < -0.39 is 0 Å². The zero-order chi connectivity index (χ0) is 16.9. The van der Waals surface area contributed by atoms with Crippen molar-refractivity contribution in [2.75, 3.05) is 7.05 Å². The average molecular weight is 320 g/mol. The molecule has 0 spiro atoms. The van der Waals surface area contributed by atoms with Crippen LogP contribution in [-0.2, 0) is 13.1 Å². The second-order valence-corrected chi connectivity index (χ2v) is 5.81. The molecular formula is C19H20N4O. The van der Waals surface area contributed by atoms with Gasteiger partial charge in [0.1, 0.15) is 0 Å². The molecule has 24 heavy (non-hydrogen) atoms. The second kappa shape index (κ2) is 7.08. The lowest BCUT2D eigenvalue weighted by Crippen LogP contribution is -2.27.